The molecule has 1 aliphatic carbocycles. The van der Waals surface area contributed by atoms with Crippen molar-refractivity contribution in [2.24, 2.45) is 11.1 Å². The maximum Gasteiger partial charge on any atom is 0.257 e. The van der Waals surface area contributed by atoms with Gasteiger partial charge in [0.25, 0.3) is 5.91 Å². The second-order valence-corrected chi connectivity index (χ2v) is 5.22. The first kappa shape index (κ1) is 14.4. The summed E-state index contributed by atoms with van der Waals surface area (Å²) < 4.78 is 5.53. The third-order valence-electron chi connectivity index (χ3n) is 3.32. The SMILES string of the molecule is C/C(=N\O)c1cc(C)ccc1OCC(=O)NCC1CC1. The van der Waals surface area contributed by atoms with Crippen molar-refractivity contribution in [2.45, 2.75) is 26.7 Å². The van der Waals surface area contributed by atoms with Gasteiger partial charge in [-0.05, 0) is 44.7 Å². The van der Waals surface area contributed by atoms with Crippen LogP contribution in [0.4, 0.5) is 0 Å². The van der Waals surface area contributed by atoms with E-state index in [-0.39, 0.29) is 12.5 Å². The number of carbonyl (C=O) groups is 1. The van der Waals surface area contributed by atoms with Crippen molar-refractivity contribution in [1.82, 2.24) is 5.32 Å². The Hall–Kier alpha value is -2.04. The van der Waals surface area contributed by atoms with Crippen molar-refractivity contribution < 1.29 is 14.7 Å². The van der Waals surface area contributed by atoms with Gasteiger partial charge in [-0.3, -0.25) is 4.79 Å². The van der Waals surface area contributed by atoms with Crippen LogP contribution in [0.5, 0.6) is 5.75 Å². The third-order valence-corrected chi connectivity index (χ3v) is 3.32. The molecular formula is C15H20N2O3. The van der Waals surface area contributed by atoms with Crippen LogP contribution in [0.1, 0.15) is 30.9 Å². The number of carbonyl (C=O) groups excluding carboxylic acids is 1. The molecule has 0 heterocycles. The molecule has 0 saturated heterocycles. The van der Waals surface area contributed by atoms with E-state index in [1.54, 1.807) is 13.0 Å². The Balaban J connectivity index is 1.95. The Morgan fingerprint density at radius 1 is 1.50 bits per heavy atom. The summed E-state index contributed by atoms with van der Waals surface area (Å²) in [5.74, 6) is 1.08. The predicted octanol–water partition coefficient (Wildman–Crippen LogP) is 2.10. The molecule has 108 valence electrons. The van der Waals surface area contributed by atoms with Gasteiger partial charge in [-0.2, -0.15) is 0 Å². The van der Waals surface area contributed by atoms with Crippen LogP contribution in [0.25, 0.3) is 0 Å². The van der Waals surface area contributed by atoms with E-state index in [1.807, 2.05) is 19.1 Å². The lowest BCUT2D eigenvalue weighted by Gasteiger charge is -2.11. The topological polar surface area (TPSA) is 70.9 Å². The number of nitrogens with one attached hydrogen (secondary N) is 1. The first-order valence-corrected chi connectivity index (χ1v) is 6.79. The molecule has 0 unspecified atom stereocenters. The van der Waals surface area contributed by atoms with Gasteiger partial charge in [0, 0.05) is 12.1 Å². The van der Waals surface area contributed by atoms with E-state index in [0.717, 1.165) is 12.1 Å². The number of benzene rings is 1. The Bertz CT molecular complexity index is 522. The lowest BCUT2D eigenvalue weighted by Crippen LogP contribution is -2.30. The smallest absolute Gasteiger partial charge is 0.257 e. The average Bonchev–Trinajstić information content (AvgIpc) is 3.27. The normalized spacial score (nSPS) is 15.0. The fourth-order valence-electron chi connectivity index (χ4n) is 1.88. The van der Waals surface area contributed by atoms with Crippen molar-refractivity contribution >= 4 is 11.6 Å². The molecule has 1 aromatic carbocycles. The van der Waals surface area contributed by atoms with Crippen LogP contribution in [-0.2, 0) is 4.79 Å². The summed E-state index contributed by atoms with van der Waals surface area (Å²) in [7, 11) is 0. The highest BCUT2D eigenvalue weighted by atomic mass is 16.5. The monoisotopic (exact) mass is 276 g/mol. The molecule has 0 bridgehead atoms. The molecule has 0 radical (unpaired) electrons. The van der Waals surface area contributed by atoms with Crippen molar-refractivity contribution in [3.8, 4) is 5.75 Å². The number of hydrogen-bond acceptors (Lipinski definition) is 4. The minimum absolute atomic E-state index is 0.0263. The molecule has 1 aromatic rings. The molecule has 1 amide bonds. The zero-order valence-corrected chi connectivity index (χ0v) is 11.8. The highest BCUT2D eigenvalue weighted by Crippen LogP contribution is 2.27. The van der Waals surface area contributed by atoms with E-state index < -0.39 is 0 Å². The van der Waals surface area contributed by atoms with Gasteiger partial charge in [-0.25, -0.2) is 0 Å². The second kappa shape index (κ2) is 6.41. The molecule has 1 aliphatic rings. The first-order chi connectivity index (χ1) is 9.60. The van der Waals surface area contributed by atoms with Crippen molar-refractivity contribution in [1.29, 1.82) is 0 Å². The van der Waals surface area contributed by atoms with Crippen LogP contribution >= 0.6 is 0 Å². The Kier molecular flexibility index (Phi) is 4.61. The molecule has 2 N–H and O–H groups in total. The lowest BCUT2D eigenvalue weighted by molar-refractivity contribution is -0.123. The van der Waals surface area contributed by atoms with E-state index in [2.05, 4.69) is 10.5 Å². The molecule has 2 rings (SSSR count). The molecule has 5 heteroatoms. The highest BCUT2D eigenvalue weighted by molar-refractivity contribution is 6.01. The average molecular weight is 276 g/mol. The largest absolute Gasteiger partial charge is 0.483 e. The maximum atomic E-state index is 11.7. The maximum absolute atomic E-state index is 11.7. The van der Waals surface area contributed by atoms with Gasteiger partial charge in [0.15, 0.2) is 6.61 Å². The summed E-state index contributed by atoms with van der Waals surface area (Å²) in [5.41, 5.74) is 2.19. The number of oxime groups is 1. The quantitative estimate of drug-likeness (QED) is 0.475. The summed E-state index contributed by atoms with van der Waals surface area (Å²) >= 11 is 0. The molecule has 0 spiro atoms. The van der Waals surface area contributed by atoms with Gasteiger partial charge in [0.2, 0.25) is 0 Å². The highest BCUT2D eigenvalue weighted by Gasteiger charge is 2.21. The van der Waals surface area contributed by atoms with Crippen LogP contribution < -0.4 is 10.1 Å². The lowest BCUT2D eigenvalue weighted by atomic mass is 10.1. The van der Waals surface area contributed by atoms with E-state index in [1.165, 1.54) is 12.8 Å². The van der Waals surface area contributed by atoms with E-state index in [4.69, 9.17) is 9.94 Å². The van der Waals surface area contributed by atoms with Gasteiger partial charge in [0.05, 0.1) is 5.71 Å². The van der Waals surface area contributed by atoms with Crippen LogP contribution in [-0.4, -0.2) is 30.0 Å². The molecule has 0 aliphatic heterocycles. The van der Waals surface area contributed by atoms with Gasteiger partial charge >= 0.3 is 0 Å². The molecule has 20 heavy (non-hydrogen) atoms. The Morgan fingerprint density at radius 2 is 2.25 bits per heavy atom. The van der Waals surface area contributed by atoms with E-state index in [9.17, 15) is 4.79 Å². The second-order valence-electron chi connectivity index (χ2n) is 5.22. The zero-order valence-electron chi connectivity index (χ0n) is 11.8. The summed E-state index contributed by atoms with van der Waals surface area (Å²) in [6, 6.07) is 5.55. The minimum atomic E-state index is -0.123. The van der Waals surface area contributed by atoms with Crippen molar-refractivity contribution in [2.75, 3.05) is 13.2 Å². The summed E-state index contributed by atoms with van der Waals surface area (Å²) in [6.07, 6.45) is 2.41. The number of ether oxygens (including phenoxy) is 1. The summed E-state index contributed by atoms with van der Waals surface area (Å²) in [6.45, 7) is 4.34. The Morgan fingerprint density at radius 3 is 2.90 bits per heavy atom. The summed E-state index contributed by atoms with van der Waals surface area (Å²) in [4.78, 5) is 11.7. The fourth-order valence-corrected chi connectivity index (χ4v) is 1.88. The number of amides is 1. The molecular weight excluding hydrogens is 256 g/mol. The van der Waals surface area contributed by atoms with Crippen LogP contribution in [0.15, 0.2) is 23.4 Å². The number of nitrogens with zero attached hydrogens (tertiary/aromatic N) is 1. The van der Waals surface area contributed by atoms with Crippen molar-refractivity contribution in [3.63, 3.8) is 0 Å². The van der Waals surface area contributed by atoms with E-state index in [0.29, 0.717) is 22.9 Å². The van der Waals surface area contributed by atoms with Gasteiger partial charge in [-0.15, -0.1) is 0 Å². The molecule has 0 atom stereocenters. The van der Waals surface area contributed by atoms with Crippen LogP contribution in [0, 0.1) is 12.8 Å². The van der Waals surface area contributed by atoms with Crippen LogP contribution in [0.2, 0.25) is 0 Å². The zero-order chi connectivity index (χ0) is 14.5. The minimum Gasteiger partial charge on any atom is -0.483 e. The predicted molar refractivity (Wildman–Crippen MR) is 76.4 cm³/mol. The number of hydrogen-bond donors (Lipinski definition) is 2. The van der Waals surface area contributed by atoms with Gasteiger partial charge in [-0.1, -0.05) is 16.8 Å². The molecule has 0 aromatic heterocycles. The number of rotatable bonds is 6. The first-order valence-electron chi connectivity index (χ1n) is 6.79. The van der Waals surface area contributed by atoms with E-state index >= 15 is 0 Å². The molecule has 1 saturated carbocycles. The summed E-state index contributed by atoms with van der Waals surface area (Å²) in [5, 5.41) is 14.9. The molecule has 5 nitrogen and oxygen atoms in total. The fraction of sp³-hybridized carbons (Fsp3) is 0.467. The molecule has 1 fully saturated rings. The van der Waals surface area contributed by atoms with Crippen LogP contribution in [0.3, 0.4) is 0 Å². The Labute approximate surface area is 118 Å². The van der Waals surface area contributed by atoms with Crippen molar-refractivity contribution in [3.05, 3.63) is 29.3 Å². The standard InChI is InChI=1S/C15H20N2O3/c1-10-3-6-14(13(7-10)11(2)17-19)20-9-15(18)16-8-12-4-5-12/h3,6-7,12,19H,4-5,8-9H2,1-2H3,(H,16,18)/b17-11+. The van der Waals surface area contributed by atoms with Gasteiger partial charge < -0.3 is 15.3 Å². The van der Waals surface area contributed by atoms with Gasteiger partial charge in [0.1, 0.15) is 5.75 Å². The third kappa shape index (κ3) is 3.98. The number of aryl methyl sites for hydroxylation is 1.